The molecule has 0 spiro atoms. The van der Waals surface area contributed by atoms with Crippen molar-refractivity contribution in [2.24, 2.45) is 5.92 Å². The minimum atomic E-state index is -1.17. The van der Waals surface area contributed by atoms with E-state index >= 15 is 0 Å². The molecule has 158 valence electrons. The Morgan fingerprint density at radius 2 is 2.00 bits per heavy atom. The molecule has 1 aromatic rings. The van der Waals surface area contributed by atoms with Gasteiger partial charge in [0.05, 0.1) is 0 Å². The zero-order valence-corrected chi connectivity index (χ0v) is 17.4. The van der Waals surface area contributed by atoms with Gasteiger partial charge < -0.3 is 10.2 Å². The second kappa shape index (κ2) is 12.2. The van der Waals surface area contributed by atoms with Crippen molar-refractivity contribution in [1.29, 1.82) is 0 Å². The number of carbonyl (C=O) groups excluding carboxylic acids is 1. The number of likely N-dealkylation sites (tertiary alicyclic amines) is 1. The summed E-state index contributed by atoms with van der Waals surface area (Å²) < 4.78 is 13.4. The Balaban J connectivity index is 0.00000196. The highest BCUT2D eigenvalue weighted by atomic mass is 35.5. The molecule has 1 saturated heterocycles. The van der Waals surface area contributed by atoms with Crippen molar-refractivity contribution < 1.29 is 14.4 Å². The maximum Gasteiger partial charge on any atom is 0.303 e. The van der Waals surface area contributed by atoms with Crippen LogP contribution in [0.3, 0.4) is 0 Å². The number of hydrogen-bond donors (Lipinski definition) is 3. The van der Waals surface area contributed by atoms with Crippen LogP contribution in [0, 0.1) is 5.92 Å². The summed E-state index contributed by atoms with van der Waals surface area (Å²) in [5.41, 5.74) is 1.72. The lowest BCUT2D eigenvalue weighted by Crippen LogP contribution is -2.31. The van der Waals surface area contributed by atoms with Crippen LogP contribution in [-0.4, -0.2) is 46.7 Å². The Bertz CT molecular complexity index is 639. The molecule has 28 heavy (non-hydrogen) atoms. The van der Waals surface area contributed by atoms with Crippen molar-refractivity contribution >= 4 is 42.6 Å². The van der Waals surface area contributed by atoms with Gasteiger partial charge >= 0.3 is 5.91 Å². The molecule has 1 amide bonds. The molecule has 1 aliphatic carbocycles. The molecule has 1 aliphatic heterocycles. The van der Waals surface area contributed by atoms with Crippen LogP contribution in [0.25, 0.3) is 6.08 Å². The number of hydroxylamine groups is 1. The van der Waals surface area contributed by atoms with Crippen molar-refractivity contribution in [3.05, 3.63) is 29.7 Å². The number of rotatable bonds is 6. The van der Waals surface area contributed by atoms with Crippen molar-refractivity contribution in [3.8, 4) is 0 Å². The fraction of sp³-hybridized carbons (Fsp3) is 0.579. The van der Waals surface area contributed by atoms with Gasteiger partial charge in [-0.2, -0.15) is 0 Å². The summed E-state index contributed by atoms with van der Waals surface area (Å²) >= 11 is 0. The molecule has 0 unspecified atom stereocenters. The van der Waals surface area contributed by atoms with Crippen LogP contribution >= 0.6 is 24.8 Å². The van der Waals surface area contributed by atoms with Crippen molar-refractivity contribution in [2.45, 2.75) is 44.6 Å². The third-order valence-electron chi connectivity index (χ3n) is 5.26. The number of pyridine rings is 1. The van der Waals surface area contributed by atoms with Gasteiger partial charge in [-0.3, -0.25) is 10.0 Å². The Kier molecular flexibility index (Phi) is 10.7. The summed E-state index contributed by atoms with van der Waals surface area (Å²) in [5, 5.41) is 11.8. The molecule has 0 bridgehead atoms. The molecule has 2 heterocycles. The Morgan fingerprint density at radius 3 is 2.64 bits per heavy atom. The number of amides is 1. The van der Waals surface area contributed by atoms with Crippen LogP contribution in [0.2, 0.25) is 0 Å². The van der Waals surface area contributed by atoms with E-state index < -0.39 is 11.7 Å². The molecule has 3 N–H and O–H groups in total. The first-order valence-corrected chi connectivity index (χ1v) is 9.40. The predicted molar refractivity (Wildman–Crippen MR) is 113 cm³/mol. The van der Waals surface area contributed by atoms with E-state index in [0.717, 1.165) is 37.3 Å². The molecule has 9 heteroatoms. The summed E-state index contributed by atoms with van der Waals surface area (Å²) in [4.78, 5) is 17.8. The highest BCUT2D eigenvalue weighted by molar-refractivity contribution is 5.94. The van der Waals surface area contributed by atoms with Crippen LogP contribution in [0.1, 0.15) is 44.1 Å². The first-order chi connectivity index (χ1) is 12.6. The van der Waals surface area contributed by atoms with Crippen molar-refractivity contribution in [3.63, 3.8) is 0 Å². The summed E-state index contributed by atoms with van der Waals surface area (Å²) in [7, 11) is 0. The first kappa shape index (κ1) is 24.6. The second-order valence-corrected chi connectivity index (χ2v) is 7.30. The summed E-state index contributed by atoms with van der Waals surface area (Å²) in [5.74, 6) is -0.628. The van der Waals surface area contributed by atoms with Crippen molar-refractivity contribution in [2.75, 3.05) is 25.0 Å². The molecule has 6 nitrogen and oxygen atoms in total. The van der Waals surface area contributed by atoms with Gasteiger partial charge in [-0.05, 0) is 49.0 Å². The monoisotopic (exact) mass is 434 g/mol. The van der Waals surface area contributed by atoms with E-state index in [-0.39, 0.29) is 24.8 Å². The van der Waals surface area contributed by atoms with E-state index in [2.05, 4.69) is 15.2 Å². The van der Waals surface area contributed by atoms with Crippen LogP contribution < -0.4 is 10.8 Å². The van der Waals surface area contributed by atoms with Gasteiger partial charge in [-0.15, -0.1) is 24.8 Å². The predicted octanol–water partition coefficient (Wildman–Crippen LogP) is 3.81. The summed E-state index contributed by atoms with van der Waals surface area (Å²) in [6.45, 7) is 3.36. The lowest BCUT2D eigenvalue weighted by Gasteiger charge is -2.26. The lowest BCUT2D eigenvalue weighted by atomic mass is 9.89. The molecule has 1 aromatic heterocycles. The first-order valence-electron chi connectivity index (χ1n) is 9.40. The fourth-order valence-corrected chi connectivity index (χ4v) is 3.90. The summed E-state index contributed by atoms with van der Waals surface area (Å²) in [6, 6.07) is 3.85. The number of hydrogen-bond acceptors (Lipinski definition) is 5. The maximum atomic E-state index is 13.4. The van der Waals surface area contributed by atoms with E-state index in [1.807, 2.05) is 0 Å². The Labute approximate surface area is 177 Å². The number of halogens is 3. The Morgan fingerprint density at radius 1 is 1.25 bits per heavy atom. The average molecular weight is 435 g/mol. The zero-order valence-electron chi connectivity index (χ0n) is 15.8. The smallest absolute Gasteiger partial charge is 0.303 e. The molecular weight excluding hydrogens is 406 g/mol. The van der Waals surface area contributed by atoms with Gasteiger partial charge in [-0.25, -0.2) is 14.9 Å². The van der Waals surface area contributed by atoms with Crippen LogP contribution in [0.15, 0.2) is 24.2 Å². The third kappa shape index (κ3) is 7.20. The maximum absolute atomic E-state index is 13.4. The highest BCUT2D eigenvalue weighted by Gasteiger charge is 2.25. The van der Waals surface area contributed by atoms with Gasteiger partial charge in [-0.1, -0.05) is 19.3 Å². The number of nitrogens with one attached hydrogen (secondary N) is 2. The molecule has 2 fully saturated rings. The molecule has 0 radical (unpaired) electrons. The van der Waals surface area contributed by atoms with Gasteiger partial charge in [0, 0.05) is 31.9 Å². The quantitative estimate of drug-likeness (QED) is 0.360. The van der Waals surface area contributed by atoms with Crippen LogP contribution in [-0.2, 0) is 4.79 Å². The largest absolute Gasteiger partial charge is 0.366 e. The average Bonchev–Trinajstić information content (AvgIpc) is 3.10. The van der Waals surface area contributed by atoms with Gasteiger partial charge in [0.25, 0.3) is 0 Å². The van der Waals surface area contributed by atoms with Gasteiger partial charge in [0.15, 0.2) is 5.83 Å². The number of anilines is 1. The molecule has 1 atom stereocenters. The fourth-order valence-electron chi connectivity index (χ4n) is 3.90. The topological polar surface area (TPSA) is 77.5 Å². The Hall–Kier alpha value is -1.41. The standard InChI is InChI=1S/C19H27FN4O2.2ClH/c20-17(19(25)23-26)10-15-6-7-18(21-11-15)22-16-8-9-24(13-16)12-14-4-2-1-3-5-14;;/h6-7,10-11,14,16,26H,1-5,8-9,12-13H2,(H,21,22)(H,23,25);2*1H/b17-10-;;/t16-;;/m1../s1. The number of aromatic nitrogens is 1. The van der Waals surface area contributed by atoms with Crippen LogP contribution in [0.4, 0.5) is 10.2 Å². The molecule has 2 aliphatic rings. The minimum absolute atomic E-state index is 0. The van der Waals surface area contributed by atoms with Gasteiger partial charge in [0.1, 0.15) is 5.82 Å². The lowest BCUT2D eigenvalue weighted by molar-refractivity contribution is -0.126. The number of nitrogens with zero attached hydrogens (tertiary/aromatic N) is 2. The van der Waals surface area contributed by atoms with E-state index in [9.17, 15) is 9.18 Å². The van der Waals surface area contributed by atoms with E-state index in [4.69, 9.17) is 5.21 Å². The second-order valence-electron chi connectivity index (χ2n) is 7.30. The minimum Gasteiger partial charge on any atom is -0.366 e. The van der Waals surface area contributed by atoms with Crippen LogP contribution in [0.5, 0.6) is 0 Å². The van der Waals surface area contributed by atoms with Gasteiger partial charge in [0.2, 0.25) is 0 Å². The van der Waals surface area contributed by atoms with Crippen molar-refractivity contribution in [1.82, 2.24) is 15.4 Å². The SMILES string of the molecule is Cl.Cl.O=C(NO)/C(F)=C/c1ccc(N[C@@H]2CCN(CC3CCCCC3)C2)nc1. The molecule has 3 rings (SSSR count). The normalized spacial score (nSPS) is 20.8. The molecule has 0 aromatic carbocycles. The zero-order chi connectivity index (χ0) is 18.4. The molecule has 1 saturated carbocycles. The van der Waals surface area contributed by atoms with E-state index in [1.54, 1.807) is 12.1 Å². The summed E-state index contributed by atoms with van der Waals surface area (Å²) in [6.07, 6.45) is 10.5. The molecular formula is C19H29Cl2FN4O2. The number of carbonyl (C=O) groups is 1. The van der Waals surface area contributed by atoms with E-state index in [1.165, 1.54) is 50.3 Å². The highest BCUT2D eigenvalue weighted by Crippen LogP contribution is 2.26. The van der Waals surface area contributed by atoms with E-state index in [0.29, 0.717) is 11.6 Å². The third-order valence-corrected chi connectivity index (χ3v) is 5.26.